The van der Waals surface area contributed by atoms with E-state index in [4.69, 9.17) is 0 Å². The maximum Gasteiger partial charge on any atom is 2.00 e. The maximum absolute atomic E-state index is 3.14. The Morgan fingerprint density at radius 2 is 2.00 bits per heavy atom. The summed E-state index contributed by atoms with van der Waals surface area (Å²) >= 11 is 0. The van der Waals surface area contributed by atoms with Crippen LogP contribution in [0, 0.1) is 6.07 Å². The first kappa shape index (κ1) is 17.4. The first-order valence-corrected chi connectivity index (χ1v) is 6.01. The van der Waals surface area contributed by atoms with Crippen molar-refractivity contribution in [3.8, 4) is 0 Å². The van der Waals surface area contributed by atoms with Crippen molar-refractivity contribution in [1.82, 2.24) is 4.90 Å². The van der Waals surface area contributed by atoms with E-state index in [1.54, 1.807) is 0 Å². The van der Waals surface area contributed by atoms with Crippen molar-refractivity contribution in [2.75, 3.05) is 7.05 Å². The number of halogens is 1. The van der Waals surface area contributed by atoms with E-state index in [0.717, 1.165) is 12.6 Å². The first-order valence-electron chi connectivity index (χ1n) is 6.01. The van der Waals surface area contributed by atoms with Crippen LogP contribution in [-0.4, -0.2) is 41.0 Å². The molecule has 1 saturated carbocycles. The number of benzene rings is 1. The molecule has 0 radical (unpaired) electrons. The van der Waals surface area contributed by atoms with Crippen molar-refractivity contribution in [3.05, 3.63) is 35.9 Å². The summed E-state index contributed by atoms with van der Waals surface area (Å²) in [6.45, 7) is 1.07. The topological polar surface area (TPSA) is 3.24 Å². The van der Waals surface area contributed by atoms with E-state index in [2.05, 4.69) is 36.2 Å². The molecule has 0 N–H and O–H groups in total. The van der Waals surface area contributed by atoms with E-state index in [1.165, 1.54) is 37.7 Å². The van der Waals surface area contributed by atoms with Crippen LogP contribution in [0.2, 0.25) is 0 Å². The van der Waals surface area contributed by atoms with E-state index in [1.807, 2.05) is 6.07 Å². The molecule has 0 heterocycles. The zero-order chi connectivity index (χ0) is 10.5. The fourth-order valence-electron chi connectivity index (χ4n) is 2.47. The summed E-state index contributed by atoms with van der Waals surface area (Å²) in [5.41, 5.74) is 1.38. The number of rotatable bonds is 3. The van der Waals surface area contributed by atoms with Gasteiger partial charge in [0.25, 0.3) is 0 Å². The van der Waals surface area contributed by atoms with Crippen LogP contribution in [0.4, 0.5) is 0 Å². The summed E-state index contributed by atoms with van der Waals surface area (Å²) < 4.78 is 0. The summed E-state index contributed by atoms with van der Waals surface area (Å²) in [6.07, 6.45) is 7.02. The molecule has 1 aromatic rings. The van der Waals surface area contributed by atoms with E-state index in [0.29, 0.717) is 0 Å². The van der Waals surface area contributed by atoms with Crippen LogP contribution in [-0.2, 0) is 6.54 Å². The second-order valence-electron chi connectivity index (χ2n) is 4.62. The van der Waals surface area contributed by atoms with Crippen LogP contribution in [0.3, 0.4) is 0 Å². The van der Waals surface area contributed by atoms with Gasteiger partial charge in [-0.25, -0.2) is 0 Å². The SMILES string of the molecule is CN(Cc1c[c-]ccc1)C1CCCCC1.[Br-].[Mg+2]. The molecule has 0 aromatic heterocycles. The molecule has 2 rings (SSSR count). The van der Waals surface area contributed by atoms with Gasteiger partial charge in [0.05, 0.1) is 0 Å². The number of hydrogen-bond acceptors (Lipinski definition) is 1. The molecular weight excluding hydrogens is 286 g/mol. The van der Waals surface area contributed by atoms with Crippen molar-refractivity contribution in [3.63, 3.8) is 0 Å². The van der Waals surface area contributed by atoms with Crippen molar-refractivity contribution in [1.29, 1.82) is 0 Å². The van der Waals surface area contributed by atoms with Crippen LogP contribution in [0.5, 0.6) is 0 Å². The van der Waals surface area contributed by atoms with Crippen molar-refractivity contribution in [2.45, 2.75) is 44.7 Å². The fraction of sp³-hybridized carbons (Fsp3) is 0.571. The van der Waals surface area contributed by atoms with Crippen molar-refractivity contribution < 1.29 is 17.0 Å². The van der Waals surface area contributed by atoms with Gasteiger partial charge in [-0.2, -0.15) is 30.3 Å². The molecule has 1 nitrogen and oxygen atoms in total. The first-order chi connectivity index (χ1) is 7.36. The zero-order valence-corrected chi connectivity index (χ0v) is 13.7. The Labute approximate surface area is 132 Å². The van der Waals surface area contributed by atoms with Gasteiger partial charge in [-0.3, -0.25) is 0 Å². The second kappa shape index (κ2) is 9.37. The van der Waals surface area contributed by atoms with Gasteiger partial charge < -0.3 is 21.9 Å². The maximum atomic E-state index is 3.14. The van der Waals surface area contributed by atoms with Gasteiger partial charge in [0.1, 0.15) is 0 Å². The average molecular weight is 307 g/mol. The van der Waals surface area contributed by atoms with Crippen molar-refractivity contribution >= 4 is 23.1 Å². The average Bonchev–Trinajstić information content (AvgIpc) is 2.31. The third kappa shape index (κ3) is 5.73. The molecule has 1 aliphatic rings. The molecule has 17 heavy (non-hydrogen) atoms. The Morgan fingerprint density at radius 1 is 1.29 bits per heavy atom. The summed E-state index contributed by atoms with van der Waals surface area (Å²) in [7, 11) is 2.25. The van der Waals surface area contributed by atoms with E-state index in [-0.39, 0.29) is 40.0 Å². The fourth-order valence-corrected chi connectivity index (χ4v) is 2.47. The molecule has 0 spiro atoms. The summed E-state index contributed by atoms with van der Waals surface area (Å²) in [6, 6.07) is 12.3. The Hall–Kier alpha value is 0.426. The second-order valence-corrected chi connectivity index (χ2v) is 4.62. The molecule has 0 bridgehead atoms. The van der Waals surface area contributed by atoms with Gasteiger partial charge in [-0.1, -0.05) is 19.3 Å². The molecule has 0 aliphatic heterocycles. The standard InChI is InChI=1S/C14H20N.BrH.Mg/c1-15(14-10-6-3-7-11-14)12-13-8-4-2-5-9-13;;/h2,4,8-9,14H,3,6-7,10-12H2,1H3;1H;/q-1;;+2/p-1. The van der Waals surface area contributed by atoms with Crippen LogP contribution < -0.4 is 17.0 Å². The van der Waals surface area contributed by atoms with E-state index >= 15 is 0 Å². The summed E-state index contributed by atoms with van der Waals surface area (Å²) in [5.74, 6) is 0. The Morgan fingerprint density at radius 3 is 2.59 bits per heavy atom. The molecule has 1 aliphatic carbocycles. The monoisotopic (exact) mass is 305 g/mol. The quantitative estimate of drug-likeness (QED) is 0.556. The minimum Gasteiger partial charge on any atom is -1.00 e. The smallest absolute Gasteiger partial charge is 1.00 e. The van der Waals surface area contributed by atoms with Gasteiger partial charge >= 0.3 is 23.1 Å². The van der Waals surface area contributed by atoms with Crippen LogP contribution in [0.25, 0.3) is 0 Å². The minimum absolute atomic E-state index is 0. The normalized spacial score (nSPS) is 16.1. The van der Waals surface area contributed by atoms with E-state index < -0.39 is 0 Å². The molecule has 0 amide bonds. The van der Waals surface area contributed by atoms with Crippen LogP contribution in [0.1, 0.15) is 37.7 Å². The molecule has 1 fully saturated rings. The van der Waals surface area contributed by atoms with Crippen LogP contribution >= 0.6 is 0 Å². The minimum atomic E-state index is 0. The molecule has 0 saturated heterocycles. The van der Waals surface area contributed by atoms with Crippen molar-refractivity contribution in [2.24, 2.45) is 0 Å². The summed E-state index contributed by atoms with van der Waals surface area (Å²) in [5, 5.41) is 0. The van der Waals surface area contributed by atoms with Crippen LogP contribution in [0.15, 0.2) is 24.3 Å². The van der Waals surface area contributed by atoms with Gasteiger partial charge in [-0.05, 0) is 26.4 Å². The Kier molecular flexibility index (Phi) is 9.60. The summed E-state index contributed by atoms with van der Waals surface area (Å²) in [4.78, 5) is 2.50. The van der Waals surface area contributed by atoms with E-state index in [9.17, 15) is 0 Å². The number of nitrogens with zero attached hydrogens (tertiary/aromatic N) is 1. The van der Waals surface area contributed by atoms with Gasteiger partial charge in [0.15, 0.2) is 0 Å². The van der Waals surface area contributed by atoms with Gasteiger partial charge in [0, 0.05) is 6.04 Å². The predicted molar refractivity (Wildman–Crippen MR) is 69.4 cm³/mol. The largest absolute Gasteiger partial charge is 2.00 e. The van der Waals surface area contributed by atoms with Gasteiger partial charge in [0.2, 0.25) is 0 Å². The molecule has 1 aromatic carbocycles. The third-order valence-electron chi connectivity index (χ3n) is 3.40. The predicted octanol–water partition coefficient (Wildman–Crippen LogP) is -0.126. The molecule has 90 valence electrons. The Balaban J connectivity index is 0.00000128. The zero-order valence-electron chi connectivity index (χ0n) is 10.7. The molecule has 0 atom stereocenters. The third-order valence-corrected chi connectivity index (χ3v) is 3.40. The molecular formula is C14H20BrMgN. The number of hydrogen-bond donors (Lipinski definition) is 0. The van der Waals surface area contributed by atoms with Gasteiger partial charge in [-0.15, -0.1) is 5.56 Å². The Bertz CT molecular complexity index is 286. The molecule has 0 unspecified atom stereocenters. The molecule has 3 heteroatoms.